The first-order chi connectivity index (χ1) is 8.90. The molecule has 0 fully saturated rings. The highest BCUT2D eigenvalue weighted by Gasteiger charge is 2.11. The van der Waals surface area contributed by atoms with E-state index in [0.29, 0.717) is 13.2 Å². The van der Waals surface area contributed by atoms with Gasteiger partial charge >= 0.3 is 0 Å². The molecule has 114 valence electrons. The van der Waals surface area contributed by atoms with E-state index in [9.17, 15) is 0 Å². The summed E-state index contributed by atoms with van der Waals surface area (Å²) < 4.78 is 6.65. The summed E-state index contributed by atoms with van der Waals surface area (Å²) >= 11 is 3.41. The van der Waals surface area contributed by atoms with Crippen LogP contribution >= 0.6 is 39.9 Å². The normalized spacial score (nSPS) is 11.6. The average molecular weight is 456 g/mol. The van der Waals surface area contributed by atoms with Crippen LogP contribution in [0.3, 0.4) is 0 Å². The molecule has 0 spiro atoms. The molecule has 6 heteroatoms. The minimum absolute atomic E-state index is 0. The van der Waals surface area contributed by atoms with E-state index < -0.39 is 0 Å². The van der Waals surface area contributed by atoms with Crippen LogP contribution in [0.15, 0.2) is 33.7 Å². The largest absolute Gasteiger partial charge is 0.492 e. The van der Waals surface area contributed by atoms with E-state index in [2.05, 4.69) is 52.3 Å². The number of guanidine groups is 1. The van der Waals surface area contributed by atoms with Gasteiger partial charge in [-0.3, -0.25) is 4.99 Å². The first kappa shape index (κ1) is 19.5. The Morgan fingerprint density at radius 2 is 2.05 bits per heavy atom. The fraction of sp³-hybridized carbons (Fsp3) is 0.500. The zero-order valence-corrected chi connectivity index (χ0v) is 16.3. The Kier molecular flexibility index (Phi) is 9.20. The Hall–Kier alpha value is -0.500. The Labute approximate surface area is 146 Å². The molecule has 0 amide bonds. The van der Waals surface area contributed by atoms with Gasteiger partial charge in [0.2, 0.25) is 0 Å². The highest BCUT2D eigenvalue weighted by molar-refractivity contribution is 14.0. The third-order valence-electron chi connectivity index (χ3n) is 2.18. The molecular formula is C14H23BrIN3O. The number of ether oxygens (including phenoxy) is 1. The lowest BCUT2D eigenvalue weighted by Crippen LogP contribution is -2.48. The SMILES string of the molecule is CN=C(NCCOc1cccc(Br)c1)NC(C)(C)C.I. The topological polar surface area (TPSA) is 45.7 Å². The number of nitrogens with zero attached hydrogens (tertiary/aromatic N) is 1. The van der Waals surface area contributed by atoms with Crippen molar-refractivity contribution in [1.29, 1.82) is 0 Å². The number of hydrogen-bond acceptors (Lipinski definition) is 2. The summed E-state index contributed by atoms with van der Waals surface area (Å²) in [7, 11) is 1.76. The highest BCUT2D eigenvalue weighted by atomic mass is 127. The van der Waals surface area contributed by atoms with Gasteiger partial charge in [-0.1, -0.05) is 22.0 Å². The van der Waals surface area contributed by atoms with Gasteiger partial charge in [-0.25, -0.2) is 0 Å². The van der Waals surface area contributed by atoms with E-state index in [1.807, 2.05) is 24.3 Å². The maximum atomic E-state index is 5.64. The van der Waals surface area contributed by atoms with Gasteiger partial charge in [0.1, 0.15) is 12.4 Å². The Morgan fingerprint density at radius 3 is 2.60 bits per heavy atom. The zero-order valence-electron chi connectivity index (χ0n) is 12.4. The van der Waals surface area contributed by atoms with Crippen molar-refractivity contribution in [3.05, 3.63) is 28.7 Å². The van der Waals surface area contributed by atoms with E-state index >= 15 is 0 Å². The maximum absolute atomic E-state index is 5.64. The molecule has 0 saturated heterocycles. The van der Waals surface area contributed by atoms with Crippen molar-refractivity contribution in [2.75, 3.05) is 20.2 Å². The Bertz CT molecular complexity index is 433. The third-order valence-corrected chi connectivity index (χ3v) is 2.67. The van der Waals surface area contributed by atoms with Crippen LogP contribution in [0.2, 0.25) is 0 Å². The van der Waals surface area contributed by atoms with Gasteiger partial charge < -0.3 is 15.4 Å². The summed E-state index contributed by atoms with van der Waals surface area (Å²) in [6.45, 7) is 7.57. The quantitative estimate of drug-likeness (QED) is 0.316. The summed E-state index contributed by atoms with van der Waals surface area (Å²) in [4.78, 5) is 4.16. The molecule has 0 aromatic heterocycles. The van der Waals surface area contributed by atoms with Gasteiger partial charge in [0.15, 0.2) is 5.96 Å². The van der Waals surface area contributed by atoms with E-state index in [1.54, 1.807) is 7.05 Å². The summed E-state index contributed by atoms with van der Waals surface area (Å²) in [5.41, 5.74) is -0.00695. The predicted molar refractivity (Wildman–Crippen MR) is 99.3 cm³/mol. The fourth-order valence-electron chi connectivity index (χ4n) is 1.43. The number of rotatable bonds is 4. The van der Waals surface area contributed by atoms with Crippen LogP contribution in [-0.2, 0) is 0 Å². The molecule has 0 aliphatic rings. The fourth-order valence-corrected chi connectivity index (χ4v) is 1.81. The van der Waals surface area contributed by atoms with Crippen molar-refractivity contribution in [2.24, 2.45) is 4.99 Å². The number of benzene rings is 1. The van der Waals surface area contributed by atoms with Crippen LogP contribution in [0.25, 0.3) is 0 Å². The van der Waals surface area contributed by atoms with E-state index in [-0.39, 0.29) is 29.5 Å². The van der Waals surface area contributed by atoms with Crippen molar-refractivity contribution in [2.45, 2.75) is 26.3 Å². The van der Waals surface area contributed by atoms with Crippen LogP contribution in [0.5, 0.6) is 5.75 Å². The standard InChI is InChI=1S/C14H22BrN3O.HI/c1-14(2,3)18-13(16-4)17-8-9-19-12-7-5-6-11(15)10-12;/h5-7,10H,8-9H2,1-4H3,(H2,16,17,18);1H. The van der Waals surface area contributed by atoms with Crippen molar-refractivity contribution in [3.8, 4) is 5.75 Å². The molecule has 0 aliphatic carbocycles. The first-order valence-electron chi connectivity index (χ1n) is 6.28. The average Bonchev–Trinajstić information content (AvgIpc) is 2.31. The predicted octanol–water partition coefficient (Wildman–Crippen LogP) is 3.41. The van der Waals surface area contributed by atoms with Gasteiger partial charge in [0.25, 0.3) is 0 Å². The van der Waals surface area contributed by atoms with Crippen molar-refractivity contribution < 1.29 is 4.74 Å². The van der Waals surface area contributed by atoms with E-state index in [4.69, 9.17) is 4.74 Å². The number of aliphatic imine (C=N–C) groups is 1. The lowest BCUT2D eigenvalue weighted by Gasteiger charge is -2.23. The maximum Gasteiger partial charge on any atom is 0.191 e. The summed E-state index contributed by atoms with van der Waals surface area (Å²) in [5.74, 6) is 1.64. The first-order valence-corrected chi connectivity index (χ1v) is 7.07. The monoisotopic (exact) mass is 455 g/mol. The van der Waals surface area contributed by atoms with Crippen LogP contribution in [0.1, 0.15) is 20.8 Å². The molecular weight excluding hydrogens is 433 g/mol. The number of nitrogens with one attached hydrogen (secondary N) is 2. The molecule has 1 rings (SSSR count). The van der Waals surface area contributed by atoms with Crippen molar-refractivity contribution in [3.63, 3.8) is 0 Å². The summed E-state index contributed by atoms with van der Waals surface area (Å²) in [6.07, 6.45) is 0. The van der Waals surface area contributed by atoms with Crippen LogP contribution in [0, 0.1) is 0 Å². The Morgan fingerprint density at radius 1 is 1.35 bits per heavy atom. The third kappa shape index (κ3) is 8.63. The van der Waals surface area contributed by atoms with Gasteiger partial charge in [-0.05, 0) is 39.0 Å². The lowest BCUT2D eigenvalue weighted by atomic mass is 10.1. The summed E-state index contributed by atoms with van der Waals surface area (Å²) in [5, 5.41) is 6.50. The molecule has 4 nitrogen and oxygen atoms in total. The molecule has 0 bridgehead atoms. The molecule has 0 unspecified atom stereocenters. The lowest BCUT2D eigenvalue weighted by molar-refractivity contribution is 0.321. The second-order valence-electron chi connectivity index (χ2n) is 5.18. The Balaban J connectivity index is 0.00000361. The number of hydrogen-bond donors (Lipinski definition) is 2. The minimum atomic E-state index is -0.00695. The molecule has 1 aromatic carbocycles. The van der Waals surface area contributed by atoms with Gasteiger partial charge in [-0.2, -0.15) is 0 Å². The van der Waals surface area contributed by atoms with Crippen LogP contribution < -0.4 is 15.4 Å². The van der Waals surface area contributed by atoms with Crippen molar-refractivity contribution in [1.82, 2.24) is 10.6 Å². The zero-order chi connectivity index (χ0) is 14.3. The van der Waals surface area contributed by atoms with Gasteiger partial charge in [0.05, 0.1) is 6.54 Å². The smallest absolute Gasteiger partial charge is 0.191 e. The summed E-state index contributed by atoms with van der Waals surface area (Å²) in [6, 6.07) is 7.81. The molecule has 2 N–H and O–H groups in total. The van der Waals surface area contributed by atoms with Crippen LogP contribution in [-0.4, -0.2) is 31.7 Å². The van der Waals surface area contributed by atoms with E-state index in [0.717, 1.165) is 16.2 Å². The second kappa shape index (κ2) is 9.44. The molecule has 0 saturated carbocycles. The minimum Gasteiger partial charge on any atom is -0.492 e. The molecule has 0 aliphatic heterocycles. The van der Waals surface area contributed by atoms with Crippen LogP contribution in [0.4, 0.5) is 0 Å². The molecule has 0 radical (unpaired) electrons. The van der Waals surface area contributed by atoms with Gasteiger partial charge in [0, 0.05) is 17.1 Å². The highest BCUT2D eigenvalue weighted by Crippen LogP contribution is 2.17. The molecule has 0 heterocycles. The van der Waals surface area contributed by atoms with Gasteiger partial charge in [-0.15, -0.1) is 24.0 Å². The number of halogens is 2. The molecule has 20 heavy (non-hydrogen) atoms. The second-order valence-corrected chi connectivity index (χ2v) is 6.10. The van der Waals surface area contributed by atoms with E-state index in [1.165, 1.54) is 0 Å². The molecule has 1 aromatic rings. The van der Waals surface area contributed by atoms with Crippen molar-refractivity contribution >= 4 is 45.9 Å². The molecule has 0 atom stereocenters.